The van der Waals surface area contributed by atoms with Crippen LogP contribution in [0.1, 0.15) is 102 Å². The van der Waals surface area contributed by atoms with Gasteiger partial charge in [0.05, 0.1) is 44.3 Å². The predicted octanol–water partition coefficient (Wildman–Crippen LogP) is 17.3. The second kappa shape index (κ2) is 34.6. The SMILES string of the molecule is CC/C=C\C/C=C\C/C=C\C/C=C\C/C=C\CCCC(=O)OC(=O)Cc1ccccc1Nc1c(Cl)cccc1Cl.O=C(CCCCC1CCSS1)OC(=O)Cc1ccccc1Nc1c(Cl)cccc1Cl. The third kappa shape index (κ3) is 23.5. The van der Waals surface area contributed by atoms with Gasteiger partial charge in [-0.25, -0.2) is 0 Å². The average molecular weight is 1070 g/mol. The summed E-state index contributed by atoms with van der Waals surface area (Å²) in [4.78, 5) is 48.8. The maximum Gasteiger partial charge on any atom is 0.317 e. The van der Waals surface area contributed by atoms with Gasteiger partial charge in [-0.15, -0.1) is 0 Å². The Morgan fingerprint density at radius 2 is 0.971 bits per heavy atom. The minimum absolute atomic E-state index is 0.0209. The Hall–Kier alpha value is -4.68. The van der Waals surface area contributed by atoms with Crippen LogP contribution >= 0.6 is 68.0 Å². The summed E-state index contributed by atoms with van der Waals surface area (Å²) in [5, 5.41) is 8.94. The number of unbranched alkanes of at least 4 members (excludes halogenated alkanes) is 2. The van der Waals surface area contributed by atoms with Crippen molar-refractivity contribution in [3.8, 4) is 0 Å². The van der Waals surface area contributed by atoms with Crippen molar-refractivity contribution in [2.45, 2.75) is 108 Å². The van der Waals surface area contributed by atoms with Crippen molar-refractivity contribution in [3.63, 3.8) is 0 Å². The second-order valence-electron chi connectivity index (χ2n) is 16.0. The van der Waals surface area contributed by atoms with Gasteiger partial charge in [-0.1, -0.05) is 191 Å². The molecule has 1 fully saturated rings. The Balaban J connectivity index is 0.000000316. The van der Waals surface area contributed by atoms with Crippen LogP contribution in [-0.4, -0.2) is 34.9 Å². The van der Waals surface area contributed by atoms with Gasteiger partial charge in [0.1, 0.15) is 0 Å². The summed E-state index contributed by atoms with van der Waals surface area (Å²) >= 11 is 24.9. The molecule has 2 N–H and O–H groups in total. The van der Waals surface area contributed by atoms with Crippen LogP contribution in [0.5, 0.6) is 0 Å². The number of nitrogens with one attached hydrogen (secondary N) is 2. The van der Waals surface area contributed by atoms with Crippen molar-refractivity contribution >= 4 is 115 Å². The Morgan fingerprint density at radius 3 is 1.41 bits per heavy atom. The summed E-state index contributed by atoms with van der Waals surface area (Å²) in [7, 11) is 3.86. The first-order chi connectivity index (χ1) is 34.0. The number of benzene rings is 4. The van der Waals surface area contributed by atoms with Gasteiger partial charge in [0.25, 0.3) is 0 Å². The van der Waals surface area contributed by atoms with Crippen molar-refractivity contribution in [2.75, 3.05) is 16.4 Å². The molecule has 372 valence electrons. The first-order valence-corrected chi connectivity index (χ1v) is 27.5. The molecule has 1 heterocycles. The largest absolute Gasteiger partial charge is 0.393 e. The summed E-state index contributed by atoms with van der Waals surface area (Å²) in [6.07, 6.45) is 32.2. The molecular weight excluding hydrogens is 1000 g/mol. The molecule has 14 heteroatoms. The van der Waals surface area contributed by atoms with Crippen molar-refractivity contribution in [1.82, 2.24) is 0 Å². The quantitative estimate of drug-likeness (QED) is 0.0207. The van der Waals surface area contributed by atoms with Crippen molar-refractivity contribution in [2.24, 2.45) is 0 Å². The molecule has 0 bridgehead atoms. The lowest BCUT2D eigenvalue weighted by Gasteiger charge is -2.14. The molecule has 0 aliphatic carbocycles. The standard InChI is InChI=1S/C34H39Cl2NO3.C22H23Cl2NO3S2/c1-2-3-4-5-6-7-8-9-10-11-12-13-14-15-16-17-18-26-32(38)40-33(39)27-28-22-19-20-25-31(28)37-34-29(35)23-21-24-30(34)36;23-17-8-5-9-18(24)22(17)25-19-10-3-1-6-15(19)14-21(27)28-20(26)11-4-2-7-16-12-13-29-30-16/h3-4,6-7,9-10,12-13,15-16,19-25,37H,2,5,8,11,14,17-18,26-27H2,1H3;1,3,5-6,8-10,16,25H,2,4,7,11-14H2/b4-3-,7-6-,10-9-,13-12-,16-15-;. The van der Waals surface area contributed by atoms with Gasteiger partial charge in [0, 0.05) is 35.2 Å². The van der Waals surface area contributed by atoms with Gasteiger partial charge >= 0.3 is 23.9 Å². The molecule has 1 atom stereocenters. The van der Waals surface area contributed by atoms with E-state index in [1.807, 2.05) is 58.0 Å². The fourth-order valence-electron chi connectivity index (χ4n) is 6.77. The van der Waals surface area contributed by atoms with Gasteiger partial charge in [-0.05, 0) is 112 Å². The van der Waals surface area contributed by atoms with Crippen molar-refractivity contribution in [1.29, 1.82) is 0 Å². The molecule has 5 rings (SSSR count). The highest BCUT2D eigenvalue weighted by Crippen LogP contribution is 2.40. The molecule has 0 amide bonds. The topological polar surface area (TPSA) is 111 Å². The molecule has 70 heavy (non-hydrogen) atoms. The van der Waals surface area contributed by atoms with Gasteiger partial charge in [-0.2, -0.15) is 0 Å². The van der Waals surface area contributed by atoms with E-state index in [0.29, 0.717) is 65.6 Å². The van der Waals surface area contributed by atoms with E-state index < -0.39 is 23.9 Å². The number of ether oxygens (including phenoxy) is 2. The van der Waals surface area contributed by atoms with Gasteiger partial charge in [-0.3, -0.25) is 19.2 Å². The number of anilines is 4. The van der Waals surface area contributed by atoms with Crippen LogP contribution in [0.4, 0.5) is 22.7 Å². The van der Waals surface area contributed by atoms with E-state index in [4.69, 9.17) is 55.9 Å². The molecule has 4 aromatic carbocycles. The first-order valence-electron chi connectivity index (χ1n) is 23.6. The first kappa shape index (κ1) is 57.9. The van der Waals surface area contributed by atoms with Gasteiger partial charge in [0.2, 0.25) is 0 Å². The maximum absolute atomic E-state index is 12.4. The summed E-state index contributed by atoms with van der Waals surface area (Å²) in [5.41, 5.74) is 3.84. The molecule has 0 radical (unpaired) electrons. The Labute approximate surface area is 442 Å². The van der Waals surface area contributed by atoms with Crippen LogP contribution in [0, 0.1) is 0 Å². The van der Waals surface area contributed by atoms with E-state index in [0.717, 1.165) is 57.8 Å². The summed E-state index contributed by atoms with van der Waals surface area (Å²) in [6, 6.07) is 25.0. The molecule has 0 saturated carbocycles. The number of hydrogen-bond acceptors (Lipinski definition) is 10. The van der Waals surface area contributed by atoms with Crippen molar-refractivity contribution < 1.29 is 28.7 Å². The molecule has 1 aliphatic heterocycles. The maximum atomic E-state index is 12.4. The monoisotopic (exact) mass is 1060 g/mol. The van der Waals surface area contributed by atoms with Gasteiger partial charge in [0.15, 0.2) is 0 Å². The van der Waals surface area contributed by atoms with Crippen LogP contribution in [0.3, 0.4) is 0 Å². The fraction of sp³-hybridized carbons (Fsp3) is 0.321. The van der Waals surface area contributed by atoms with E-state index in [1.54, 1.807) is 48.5 Å². The number of hydrogen-bond donors (Lipinski definition) is 2. The van der Waals surface area contributed by atoms with Crippen LogP contribution in [0.2, 0.25) is 20.1 Å². The normalized spacial score (nSPS) is 13.6. The van der Waals surface area contributed by atoms with E-state index in [1.165, 1.54) is 12.2 Å². The smallest absolute Gasteiger partial charge is 0.317 e. The summed E-state index contributed by atoms with van der Waals surface area (Å²) < 4.78 is 10.0. The zero-order valence-corrected chi connectivity index (χ0v) is 44.2. The molecule has 0 spiro atoms. The minimum atomic E-state index is -0.598. The highest BCUT2D eigenvalue weighted by Gasteiger charge is 2.19. The number of halogens is 4. The minimum Gasteiger partial charge on any atom is -0.393 e. The van der Waals surface area contributed by atoms with E-state index in [9.17, 15) is 19.2 Å². The van der Waals surface area contributed by atoms with Crippen LogP contribution in [-0.2, 0) is 41.5 Å². The molecular formula is C56H62Cl4N2O6S2. The fourth-order valence-corrected chi connectivity index (χ4v) is 10.8. The molecule has 1 saturated heterocycles. The number of rotatable bonds is 26. The molecule has 1 unspecified atom stereocenters. The number of para-hydroxylation sites is 4. The molecule has 8 nitrogen and oxygen atoms in total. The lowest BCUT2D eigenvalue weighted by Crippen LogP contribution is -2.15. The third-order valence-corrected chi connectivity index (χ3v) is 14.7. The highest BCUT2D eigenvalue weighted by molar-refractivity contribution is 8.77. The van der Waals surface area contributed by atoms with Gasteiger partial charge < -0.3 is 20.1 Å². The second-order valence-corrected chi connectivity index (χ2v) is 20.4. The van der Waals surface area contributed by atoms with Crippen LogP contribution < -0.4 is 10.6 Å². The van der Waals surface area contributed by atoms with E-state index in [2.05, 4.69) is 78.3 Å². The summed E-state index contributed by atoms with van der Waals surface area (Å²) in [5.74, 6) is -0.933. The molecule has 0 aromatic heterocycles. The average Bonchev–Trinajstić information content (AvgIpc) is 3.86. The number of allylic oxidation sites excluding steroid dienone is 10. The number of esters is 4. The zero-order chi connectivity index (χ0) is 50.2. The third-order valence-electron chi connectivity index (χ3n) is 10.4. The molecule has 1 aliphatic rings. The molecule has 4 aromatic rings. The number of carbonyl (C=O) groups excluding carboxylic acids is 4. The lowest BCUT2D eigenvalue weighted by atomic mass is 10.1. The Kier molecular flexibility index (Phi) is 28.6. The van der Waals surface area contributed by atoms with Crippen LogP contribution in [0.25, 0.3) is 0 Å². The lowest BCUT2D eigenvalue weighted by molar-refractivity contribution is -0.161. The number of carbonyl (C=O) groups is 4. The van der Waals surface area contributed by atoms with Crippen molar-refractivity contribution in [3.05, 3.63) is 177 Å². The Morgan fingerprint density at radius 1 is 0.543 bits per heavy atom. The predicted molar refractivity (Wildman–Crippen MR) is 297 cm³/mol. The highest BCUT2D eigenvalue weighted by atomic mass is 35.5. The van der Waals surface area contributed by atoms with E-state index >= 15 is 0 Å². The zero-order valence-electron chi connectivity index (χ0n) is 39.5. The Bertz CT molecular complexity index is 2390. The summed E-state index contributed by atoms with van der Waals surface area (Å²) in [6.45, 7) is 2.14. The van der Waals surface area contributed by atoms with Crippen LogP contribution in [0.15, 0.2) is 146 Å². The van der Waals surface area contributed by atoms with E-state index in [-0.39, 0.29) is 25.7 Å².